The molecular formula is C27H38Cl2N4O3S2. The molecule has 7 nitrogen and oxygen atoms in total. The van der Waals surface area contributed by atoms with Gasteiger partial charge in [0.2, 0.25) is 0 Å². The summed E-state index contributed by atoms with van der Waals surface area (Å²) in [7, 11) is -2.11. The molecule has 2 heterocycles. The molecule has 210 valence electrons. The highest BCUT2D eigenvalue weighted by Crippen LogP contribution is 2.34. The lowest BCUT2D eigenvalue weighted by Crippen LogP contribution is -2.45. The predicted molar refractivity (Wildman–Crippen MR) is 161 cm³/mol. The SMILES string of the molecule is COc1ccc(N(C(C)C)S(=O)(=O)c2sc(C)nc2C)cc1CNC1CCCNC1c1ccccc1.Cl.Cl. The van der Waals surface area contributed by atoms with E-state index in [9.17, 15) is 8.42 Å². The van der Waals surface area contributed by atoms with Crippen molar-refractivity contribution in [2.24, 2.45) is 0 Å². The van der Waals surface area contributed by atoms with Crippen molar-refractivity contribution in [2.45, 2.75) is 69.4 Å². The number of aryl methyl sites for hydroxylation is 2. The summed E-state index contributed by atoms with van der Waals surface area (Å²) >= 11 is 1.22. The Hall–Kier alpha value is -1.88. The van der Waals surface area contributed by atoms with E-state index in [1.165, 1.54) is 21.2 Å². The van der Waals surface area contributed by atoms with Gasteiger partial charge in [0.15, 0.2) is 4.21 Å². The van der Waals surface area contributed by atoms with Crippen LogP contribution in [0.4, 0.5) is 5.69 Å². The second kappa shape index (κ2) is 14.0. The summed E-state index contributed by atoms with van der Waals surface area (Å²) in [5, 5.41) is 8.11. The highest BCUT2D eigenvalue weighted by molar-refractivity contribution is 7.94. The third-order valence-electron chi connectivity index (χ3n) is 6.51. The number of piperidine rings is 1. The van der Waals surface area contributed by atoms with Crippen LogP contribution in [0, 0.1) is 13.8 Å². The fourth-order valence-corrected chi connectivity index (χ4v) is 8.17. The Balaban J connectivity index is 0.00000253. The number of ether oxygens (including phenoxy) is 1. The number of anilines is 1. The Bertz CT molecular complexity index is 1290. The van der Waals surface area contributed by atoms with E-state index in [-0.39, 0.29) is 42.9 Å². The average Bonchev–Trinajstić information content (AvgIpc) is 3.22. The Kier molecular flexibility index (Phi) is 11.9. The van der Waals surface area contributed by atoms with Crippen LogP contribution < -0.4 is 19.7 Å². The molecule has 2 unspecified atom stereocenters. The van der Waals surface area contributed by atoms with E-state index >= 15 is 0 Å². The van der Waals surface area contributed by atoms with Crippen molar-refractivity contribution in [1.29, 1.82) is 0 Å². The standard InChI is InChI=1S/C27H36N4O3S2.2ClH/c1-18(2)31(36(32,33)27-19(3)30-20(4)35-27)23-13-14-25(34-5)22(16-23)17-29-24-12-9-15-28-26(24)21-10-7-6-8-11-21;;/h6-8,10-11,13-14,16,18,24,26,28-29H,9,12,15,17H2,1-5H3;2*1H. The van der Waals surface area contributed by atoms with E-state index in [1.807, 2.05) is 45.0 Å². The van der Waals surface area contributed by atoms with Gasteiger partial charge in [-0.3, -0.25) is 4.31 Å². The molecule has 1 fully saturated rings. The first-order chi connectivity index (χ1) is 17.2. The molecule has 38 heavy (non-hydrogen) atoms. The summed E-state index contributed by atoms with van der Waals surface area (Å²) in [6, 6.07) is 16.3. The van der Waals surface area contributed by atoms with Gasteiger partial charge in [0.25, 0.3) is 10.0 Å². The molecule has 0 bridgehead atoms. The van der Waals surface area contributed by atoms with Crippen LogP contribution in [-0.4, -0.2) is 39.1 Å². The number of methoxy groups -OCH3 is 1. The normalized spacial score (nSPS) is 17.4. The first kappa shape index (κ1) is 32.3. The van der Waals surface area contributed by atoms with Crippen molar-refractivity contribution >= 4 is 51.9 Å². The van der Waals surface area contributed by atoms with Gasteiger partial charge in [-0.05, 0) is 70.8 Å². The molecule has 1 saturated heterocycles. The lowest BCUT2D eigenvalue weighted by molar-refractivity contribution is 0.303. The number of nitrogens with one attached hydrogen (secondary N) is 2. The summed E-state index contributed by atoms with van der Waals surface area (Å²) < 4.78 is 34.9. The van der Waals surface area contributed by atoms with Gasteiger partial charge in [0.1, 0.15) is 5.75 Å². The molecule has 4 rings (SSSR count). The monoisotopic (exact) mass is 600 g/mol. The maximum absolute atomic E-state index is 13.7. The number of thiazole rings is 1. The lowest BCUT2D eigenvalue weighted by Gasteiger charge is -2.34. The Morgan fingerprint density at radius 2 is 1.87 bits per heavy atom. The quantitative estimate of drug-likeness (QED) is 0.323. The van der Waals surface area contributed by atoms with E-state index in [2.05, 4.69) is 39.9 Å². The molecule has 0 amide bonds. The van der Waals surface area contributed by atoms with E-state index in [4.69, 9.17) is 4.74 Å². The topological polar surface area (TPSA) is 83.6 Å². The number of aromatic nitrogens is 1. The van der Waals surface area contributed by atoms with E-state index < -0.39 is 10.0 Å². The molecule has 2 aromatic carbocycles. The summed E-state index contributed by atoms with van der Waals surface area (Å²) in [6.07, 6.45) is 2.16. The van der Waals surface area contributed by atoms with Crippen molar-refractivity contribution in [3.8, 4) is 5.75 Å². The van der Waals surface area contributed by atoms with E-state index in [0.29, 0.717) is 22.1 Å². The maximum atomic E-state index is 13.7. The molecule has 0 saturated carbocycles. The second-order valence-corrected chi connectivity index (χ2v) is 12.7. The minimum Gasteiger partial charge on any atom is -0.496 e. The molecule has 2 atom stereocenters. The first-order valence-corrected chi connectivity index (χ1v) is 14.6. The molecule has 2 N–H and O–H groups in total. The van der Waals surface area contributed by atoms with Gasteiger partial charge < -0.3 is 15.4 Å². The number of halogens is 2. The third kappa shape index (κ3) is 7.00. The predicted octanol–water partition coefficient (Wildman–Crippen LogP) is 5.80. The molecule has 11 heteroatoms. The van der Waals surface area contributed by atoms with E-state index in [0.717, 1.165) is 35.7 Å². The first-order valence-electron chi connectivity index (χ1n) is 12.4. The third-order valence-corrected chi connectivity index (χ3v) is 10.2. The van der Waals surface area contributed by atoms with Crippen molar-refractivity contribution in [3.63, 3.8) is 0 Å². The number of benzene rings is 2. The summed E-state index contributed by atoms with van der Waals surface area (Å²) in [4.78, 5) is 4.35. The fourth-order valence-electron chi connectivity index (χ4n) is 4.96. The highest BCUT2D eigenvalue weighted by atomic mass is 35.5. The Morgan fingerprint density at radius 1 is 1.16 bits per heavy atom. The number of hydrogen-bond acceptors (Lipinski definition) is 7. The number of rotatable bonds is 9. The molecule has 0 radical (unpaired) electrons. The van der Waals surface area contributed by atoms with Gasteiger partial charge in [0, 0.05) is 30.2 Å². The van der Waals surface area contributed by atoms with Gasteiger partial charge in [-0.1, -0.05) is 30.3 Å². The van der Waals surface area contributed by atoms with Crippen LogP contribution in [0.15, 0.2) is 52.7 Å². The zero-order valence-corrected chi connectivity index (χ0v) is 25.7. The Labute approximate surface area is 243 Å². The molecule has 1 aromatic heterocycles. The van der Waals surface area contributed by atoms with Crippen molar-refractivity contribution < 1.29 is 13.2 Å². The van der Waals surface area contributed by atoms with Gasteiger partial charge in [-0.2, -0.15) is 0 Å². The average molecular weight is 602 g/mol. The van der Waals surface area contributed by atoms with Crippen LogP contribution in [0.3, 0.4) is 0 Å². The van der Waals surface area contributed by atoms with Crippen molar-refractivity contribution in [3.05, 3.63) is 70.4 Å². The maximum Gasteiger partial charge on any atom is 0.275 e. The van der Waals surface area contributed by atoms with Gasteiger partial charge in [-0.25, -0.2) is 13.4 Å². The van der Waals surface area contributed by atoms with Crippen LogP contribution in [0.2, 0.25) is 0 Å². The highest BCUT2D eigenvalue weighted by Gasteiger charge is 2.32. The van der Waals surface area contributed by atoms with Crippen molar-refractivity contribution in [1.82, 2.24) is 15.6 Å². The molecule has 3 aromatic rings. The zero-order valence-electron chi connectivity index (χ0n) is 22.4. The minimum absolute atomic E-state index is 0. The number of hydrogen-bond donors (Lipinski definition) is 2. The smallest absolute Gasteiger partial charge is 0.275 e. The summed E-state index contributed by atoms with van der Waals surface area (Å²) in [5.41, 5.74) is 3.35. The summed E-state index contributed by atoms with van der Waals surface area (Å²) in [6.45, 7) is 8.92. The molecular weight excluding hydrogens is 563 g/mol. The van der Waals surface area contributed by atoms with Crippen LogP contribution in [0.1, 0.15) is 54.6 Å². The van der Waals surface area contributed by atoms with E-state index in [1.54, 1.807) is 14.0 Å². The lowest BCUT2D eigenvalue weighted by atomic mass is 9.92. The number of sulfonamides is 1. The van der Waals surface area contributed by atoms with Crippen LogP contribution in [-0.2, 0) is 16.6 Å². The van der Waals surface area contributed by atoms with Crippen LogP contribution in [0.5, 0.6) is 5.75 Å². The molecule has 0 spiro atoms. The van der Waals surface area contributed by atoms with Crippen LogP contribution >= 0.6 is 36.2 Å². The largest absolute Gasteiger partial charge is 0.496 e. The number of nitrogens with zero attached hydrogens (tertiary/aromatic N) is 2. The Morgan fingerprint density at radius 3 is 2.47 bits per heavy atom. The van der Waals surface area contributed by atoms with Gasteiger partial charge in [0.05, 0.1) is 23.5 Å². The van der Waals surface area contributed by atoms with Gasteiger partial charge >= 0.3 is 0 Å². The van der Waals surface area contributed by atoms with Crippen molar-refractivity contribution in [2.75, 3.05) is 18.0 Å². The van der Waals surface area contributed by atoms with Gasteiger partial charge in [-0.15, -0.1) is 36.2 Å². The molecule has 1 aliphatic heterocycles. The molecule has 1 aliphatic rings. The van der Waals surface area contributed by atoms with Crippen LogP contribution in [0.25, 0.3) is 0 Å². The summed E-state index contributed by atoms with van der Waals surface area (Å²) in [5.74, 6) is 0.734. The second-order valence-electron chi connectivity index (χ2n) is 9.47. The molecule has 0 aliphatic carbocycles. The zero-order chi connectivity index (χ0) is 25.9. The minimum atomic E-state index is -3.76. The fraction of sp³-hybridized carbons (Fsp3) is 0.444.